The number of aryl methyl sites for hydroxylation is 1. The number of fused-ring (bicyclic) bond motifs is 1. The van der Waals surface area contributed by atoms with Crippen molar-refractivity contribution in [1.82, 2.24) is 4.90 Å². The third-order valence-corrected chi connectivity index (χ3v) is 6.62. The molecule has 1 spiro atoms. The number of aliphatic hydroxyl groups excluding tert-OH is 1. The van der Waals surface area contributed by atoms with Crippen LogP contribution in [-0.2, 0) is 11.2 Å². The van der Waals surface area contributed by atoms with Gasteiger partial charge in [0, 0.05) is 24.5 Å². The van der Waals surface area contributed by atoms with Crippen molar-refractivity contribution in [2.75, 3.05) is 19.7 Å². The topological polar surface area (TPSA) is 32.7 Å². The summed E-state index contributed by atoms with van der Waals surface area (Å²) in [7, 11) is 0. The van der Waals surface area contributed by atoms with Crippen LogP contribution >= 0.6 is 0 Å². The molecule has 0 amide bonds. The fourth-order valence-corrected chi connectivity index (χ4v) is 5.18. The zero-order valence-electron chi connectivity index (χ0n) is 14.2. The van der Waals surface area contributed by atoms with Gasteiger partial charge in [-0.3, -0.25) is 4.90 Å². The minimum Gasteiger partial charge on any atom is -0.392 e. The van der Waals surface area contributed by atoms with E-state index in [-0.39, 0.29) is 17.6 Å². The smallest absolute Gasteiger partial charge is 0.0681 e. The summed E-state index contributed by atoms with van der Waals surface area (Å²) in [6, 6.07) is 9.56. The van der Waals surface area contributed by atoms with Crippen molar-refractivity contribution in [2.24, 2.45) is 5.41 Å². The van der Waals surface area contributed by atoms with Crippen LogP contribution in [-0.4, -0.2) is 41.9 Å². The van der Waals surface area contributed by atoms with Gasteiger partial charge in [-0.1, -0.05) is 24.3 Å². The SMILES string of the molecule is CCOC1CC(O)C12CCN(C1CCCc3ccccc31)CC2. The first-order valence-electron chi connectivity index (χ1n) is 9.36. The average Bonchev–Trinajstić information content (AvgIpc) is 2.61. The van der Waals surface area contributed by atoms with E-state index in [1.165, 1.54) is 19.3 Å². The van der Waals surface area contributed by atoms with Gasteiger partial charge in [-0.2, -0.15) is 0 Å². The Hall–Kier alpha value is -0.900. The summed E-state index contributed by atoms with van der Waals surface area (Å²) in [4.78, 5) is 2.66. The maximum absolute atomic E-state index is 10.4. The van der Waals surface area contributed by atoms with Gasteiger partial charge in [0.1, 0.15) is 0 Å². The molecule has 1 heterocycles. The first kappa shape index (κ1) is 15.6. The molecule has 3 unspecified atom stereocenters. The number of likely N-dealkylation sites (tertiary alicyclic amines) is 1. The fraction of sp³-hybridized carbons (Fsp3) is 0.700. The summed E-state index contributed by atoms with van der Waals surface area (Å²) in [5.41, 5.74) is 3.13. The zero-order valence-corrected chi connectivity index (χ0v) is 14.2. The highest BCUT2D eigenvalue weighted by molar-refractivity contribution is 5.32. The van der Waals surface area contributed by atoms with E-state index in [4.69, 9.17) is 4.74 Å². The summed E-state index contributed by atoms with van der Waals surface area (Å²) in [6.07, 6.45) is 6.93. The second kappa shape index (κ2) is 6.19. The van der Waals surface area contributed by atoms with Crippen molar-refractivity contribution < 1.29 is 9.84 Å². The molecule has 1 N–H and O–H groups in total. The Bertz CT molecular complexity index is 548. The van der Waals surface area contributed by atoms with Crippen LogP contribution in [0.2, 0.25) is 0 Å². The molecule has 3 atom stereocenters. The van der Waals surface area contributed by atoms with Gasteiger partial charge in [0.15, 0.2) is 0 Å². The van der Waals surface area contributed by atoms with Gasteiger partial charge in [-0.15, -0.1) is 0 Å². The molecule has 1 saturated carbocycles. The number of hydrogen-bond acceptors (Lipinski definition) is 3. The van der Waals surface area contributed by atoms with Crippen molar-refractivity contribution in [3.05, 3.63) is 35.4 Å². The number of benzene rings is 1. The second-order valence-electron chi connectivity index (χ2n) is 7.57. The maximum Gasteiger partial charge on any atom is 0.0681 e. The molecule has 2 fully saturated rings. The van der Waals surface area contributed by atoms with Gasteiger partial charge >= 0.3 is 0 Å². The van der Waals surface area contributed by atoms with Crippen LogP contribution in [0.3, 0.4) is 0 Å². The van der Waals surface area contributed by atoms with Crippen LogP contribution in [0.5, 0.6) is 0 Å². The second-order valence-corrected chi connectivity index (χ2v) is 7.57. The lowest BCUT2D eigenvalue weighted by atomic mass is 9.58. The number of hydrogen-bond donors (Lipinski definition) is 1. The molecule has 3 nitrogen and oxygen atoms in total. The third kappa shape index (κ3) is 2.54. The van der Waals surface area contributed by atoms with Crippen molar-refractivity contribution in [2.45, 2.75) is 63.7 Å². The van der Waals surface area contributed by atoms with Gasteiger partial charge in [0.05, 0.1) is 12.2 Å². The zero-order chi connectivity index (χ0) is 15.9. The number of ether oxygens (including phenoxy) is 1. The molecular weight excluding hydrogens is 286 g/mol. The summed E-state index contributed by atoms with van der Waals surface area (Å²) in [5, 5.41) is 10.4. The van der Waals surface area contributed by atoms with Crippen molar-refractivity contribution in [1.29, 1.82) is 0 Å². The Morgan fingerprint density at radius 3 is 2.78 bits per heavy atom. The molecule has 2 aliphatic carbocycles. The lowest BCUT2D eigenvalue weighted by Crippen LogP contribution is -2.62. The molecule has 4 rings (SSSR count). The Kier molecular flexibility index (Phi) is 4.21. The molecule has 0 bridgehead atoms. The molecule has 126 valence electrons. The highest BCUT2D eigenvalue weighted by atomic mass is 16.5. The van der Waals surface area contributed by atoms with E-state index in [9.17, 15) is 5.11 Å². The molecule has 23 heavy (non-hydrogen) atoms. The van der Waals surface area contributed by atoms with Crippen LogP contribution in [0.25, 0.3) is 0 Å². The number of nitrogens with zero attached hydrogens (tertiary/aromatic N) is 1. The molecule has 1 saturated heterocycles. The molecular formula is C20H29NO2. The van der Waals surface area contributed by atoms with Gasteiger partial charge in [0.25, 0.3) is 0 Å². The van der Waals surface area contributed by atoms with Crippen molar-refractivity contribution >= 4 is 0 Å². The number of aliphatic hydroxyl groups is 1. The van der Waals surface area contributed by atoms with Gasteiger partial charge < -0.3 is 9.84 Å². The molecule has 0 radical (unpaired) electrons. The summed E-state index contributed by atoms with van der Waals surface area (Å²) in [5.74, 6) is 0. The molecule has 1 aromatic rings. The standard InChI is InChI=1S/C20H29NO2/c1-2-23-19-14-18(22)20(19)10-12-21(13-11-20)17-9-5-7-15-6-3-4-8-16(15)17/h3-4,6,8,17-19,22H,2,5,7,9-14H2,1H3. The predicted molar refractivity (Wildman–Crippen MR) is 91.4 cm³/mol. The van der Waals surface area contributed by atoms with E-state index < -0.39 is 0 Å². The molecule has 3 aliphatic rings. The lowest BCUT2D eigenvalue weighted by Gasteiger charge is -2.57. The minimum atomic E-state index is -0.153. The minimum absolute atomic E-state index is 0.0424. The average molecular weight is 315 g/mol. The van der Waals surface area contributed by atoms with Crippen LogP contribution in [0.15, 0.2) is 24.3 Å². The highest BCUT2D eigenvalue weighted by Gasteiger charge is 2.56. The Morgan fingerprint density at radius 1 is 1.26 bits per heavy atom. The van der Waals surface area contributed by atoms with Gasteiger partial charge in [-0.25, -0.2) is 0 Å². The van der Waals surface area contributed by atoms with Crippen LogP contribution in [0.1, 0.15) is 56.2 Å². The normalized spacial score (nSPS) is 33.2. The highest BCUT2D eigenvalue weighted by Crippen LogP contribution is 2.52. The first-order valence-corrected chi connectivity index (χ1v) is 9.36. The molecule has 1 aliphatic heterocycles. The van der Waals surface area contributed by atoms with E-state index in [2.05, 4.69) is 36.1 Å². The largest absolute Gasteiger partial charge is 0.392 e. The van der Waals surface area contributed by atoms with E-state index >= 15 is 0 Å². The van der Waals surface area contributed by atoms with E-state index in [1.807, 2.05) is 0 Å². The third-order valence-electron chi connectivity index (χ3n) is 6.62. The predicted octanol–water partition coefficient (Wildman–Crippen LogP) is 3.32. The summed E-state index contributed by atoms with van der Waals surface area (Å²) in [6.45, 7) is 5.02. The summed E-state index contributed by atoms with van der Waals surface area (Å²) < 4.78 is 5.90. The van der Waals surface area contributed by atoms with Crippen LogP contribution in [0, 0.1) is 5.41 Å². The number of rotatable bonds is 3. The molecule has 1 aromatic carbocycles. The van der Waals surface area contributed by atoms with Gasteiger partial charge in [0.2, 0.25) is 0 Å². The first-order chi connectivity index (χ1) is 11.2. The number of piperidine rings is 1. The maximum atomic E-state index is 10.4. The quantitative estimate of drug-likeness (QED) is 0.929. The fourth-order valence-electron chi connectivity index (χ4n) is 5.18. The van der Waals surface area contributed by atoms with Crippen LogP contribution < -0.4 is 0 Å². The Balaban J connectivity index is 1.46. The van der Waals surface area contributed by atoms with Gasteiger partial charge in [-0.05, 0) is 63.2 Å². The monoisotopic (exact) mass is 315 g/mol. The van der Waals surface area contributed by atoms with Crippen molar-refractivity contribution in [3.8, 4) is 0 Å². The van der Waals surface area contributed by atoms with E-state index in [0.29, 0.717) is 6.04 Å². The summed E-state index contributed by atoms with van der Waals surface area (Å²) >= 11 is 0. The van der Waals surface area contributed by atoms with E-state index in [0.717, 1.165) is 39.0 Å². The van der Waals surface area contributed by atoms with E-state index in [1.54, 1.807) is 11.1 Å². The Morgan fingerprint density at radius 2 is 2.04 bits per heavy atom. The van der Waals surface area contributed by atoms with Crippen LogP contribution in [0.4, 0.5) is 0 Å². The van der Waals surface area contributed by atoms with Crippen molar-refractivity contribution in [3.63, 3.8) is 0 Å². The lowest BCUT2D eigenvalue weighted by molar-refractivity contribution is -0.211. The Labute approximate surface area is 139 Å². The molecule has 3 heteroatoms. The molecule has 0 aromatic heterocycles.